The van der Waals surface area contributed by atoms with Gasteiger partial charge in [-0.25, -0.2) is 0 Å². The van der Waals surface area contributed by atoms with E-state index in [0.717, 1.165) is 0 Å². The molecule has 0 unspecified atom stereocenters. The largest absolute Gasteiger partial charge is 0.386 e. The molecule has 0 spiro atoms. The Morgan fingerprint density at radius 1 is 1.43 bits per heavy atom. The molecule has 2 nitrogen and oxygen atoms in total. The maximum Gasteiger partial charge on any atom is 0.0895 e. The zero-order valence-electron chi connectivity index (χ0n) is 4.81. The van der Waals surface area contributed by atoms with E-state index in [1.807, 2.05) is 13.8 Å². The van der Waals surface area contributed by atoms with Crippen molar-refractivity contribution in [1.82, 2.24) is 0 Å². The van der Waals surface area contributed by atoms with Crippen LogP contribution >= 0.6 is 0 Å². The third-order valence-corrected chi connectivity index (χ3v) is 0.526. The van der Waals surface area contributed by atoms with Gasteiger partial charge in [-0.15, -0.1) is 0 Å². The molecule has 0 amide bonds. The van der Waals surface area contributed by atoms with Gasteiger partial charge in [0.1, 0.15) is 0 Å². The van der Waals surface area contributed by atoms with Crippen LogP contribution in [-0.2, 0) is 0 Å². The molecule has 42 valence electrons. The Balaban J connectivity index is 3.45. The van der Waals surface area contributed by atoms with Gasteiger partial charge in [0, 0.05) is 0 Å². The maximum absolute atomic E-state index is 5.13. The molecule has 0 aliphatic rings. The minimum Gasteiger partial charge on any atom is -0.386 e. The molecule has 4 N–H and O–H groups in total. The normalized spacial score (nSPS) is 9.00. The molecular formula is C5H12N2. The van der Waals surface area contributed by atoms with Gasteiger partial charge in [-0.2, -0.15) is 0 Å². The highest BCUT2D eigenvalue weighted by Crippen LogP contribution is 1.91. The fraction of sp³-hybridized carbons (Fsp3) is 0.600. The van der Waals surface area contributed by atoms with Crippen molar-refractivity contribution in [3.8, 4) is 0 Å². The lowest BCUT2D eigenvalue weighted by Gasteiger charge is -1.93. The van der Waals surface area contributed by atoms with Crippen LogP contribution in [0.3, 0.4) is 0 Å². The maximum atomic E-state index is 5.13. The van der Waals surface area contributed by atoms with Crippen LogP contribution in [-0.4, -0.2) is 0 Å². The second kappa shape index (κ2) is 2.50. The molecule has 0 rings (SSSR count). The molecule has 0 aliphatic carbocycles. The van der Waals surface area contributed by atoms with Crippen molar-refractivity contribution in [2.75, 3.05) is 0 Å². The topological polar surface area (TPSA) is 52.0 Å². The van der Waals surface area contributed by atoms with Crippen LogP contribution in [0.4, 0.5) is 0 Å². The van der Waals surface area contributed by atoms with E-state index in [0.29, 0.717) is 11.7 Å². The van der Waals surface area contributed by atoms with Crippen molar-refractivity contribution in [3.63, 3.8) is 0 Å². The average Bonchev–Trinajstić information content (AvgIpc) is 1.27. The van der Waals surface area contributed by atoms with Crippen LogP contribution in [0, 0.1) is 5.92 Å². The fourth-order valence-corrected chi connectivity index (χ4v) is 0.385. The van der Waals surface area contributed by atoms with Crippen molar-refractivity contribution < 1.29 is 0 Å². The number of hydrogen-bond acceptors (Lipinski definition) is 2. The van der Waals surface area contributed by atoms with Gasteiger partial charge < -0.3 is 11.5 Å². The lowest BCUT2D eigenvalue weighted by Crippen LogP contribution is -2.08. The molecule has 0 saturated carbocycles. The van der Waals surface area contributed by atoms with Gasteiger partial charge in [0.15, 0.2) is 0 Å². The van der Waals surface area contributed by atoms with Crippen molar-refractivity contribution in [3.05, 3.63) is 11.9 Å². The second-order valence-electron chi connectivity index (χ2n) is 1.91. The Labute approximate surface area is 44.2 Å². The van der Waals surface area contributed by atoms with E-state index >= 15 is 0 Å². The summed E-state index contributed by atoms with van der Waals surface area (Å²) in [5.41, 5.74) is 10.3. The van der Waals surface area contributed by atoms with Gasteiger partial charge >= 0.3 is 0 Å². The van der Waals surface area contributed by atoms with Gasteiger partial charge in [0.25, 0.3) is 0 Å². The second-order valence-corrected chi connectivity index (χ2v) is 1.91. The Hall–Kier alpha value is -0.660. The summed E-state index contributed by atoms with van der Waals surface area (Å²) in [6.07, 6.45) is 1.81. The third-order valence-electron chi connectivity index (χ3n) is 0.526. The lowest BCUT2D eigenvalue weighted by atomic mass is 10.2. The zero-order valence-corrected chi connectivity index (χ0v) is 4.81. The third kappa shape index (κ3) is 5.34. The van der Waals surface area contributed by atoms with Crippen LogP contribution in [0.15, 0.2) is 11.9 Å². The molecule has 0 fully saturated rings. The Morgan fingerprint density at radius 2 is 1.86 bits per heavy atom. The Kier molecular flexibility index (Phi) is 2.27. The van der Waals surface area contributed by atoms with Crippen molar-refractivity contribution >= 4 is 0 Å². The minimum atomic E-state index is 0.412. The molecule has 0 heterocycles. The quantitative estimate of drug-likeness (QED) is 0.501. The number of allylic oxidation sites excluding steroid dienone is 1. The summed E-state index contributed by atoms with van der Waals surface area (Å²) in [7, 11) is 0. The molecular weight excluding hydrogens is 88.1 g/mol. The standard InChI is InChI=1S/C5H12N2/c1-4(2)3-5(6)7/h3-4H,6-7H2,1-2H3. The first-order valence-corrected chi connectivity index (χ1v) is 2.35. The van der Waals surface area contributed by atoms with E-state index in [-0.39, 0.29) is 0 Å². The van der Waals surface area contributed by atoms with Gasteiger partial charge in [-0.05, 0) is 12.0 Å². The number of rotatable bonds is 1. The average molecular weight is 100 g/mol. The van der Waals surface area contributed by atoms with E-state index in [2.05, 4.69) is 0 Å². The first-order valence-electron chi connectivity index (χ1n) is 2.35. The molecule has 0 aromatic carbocycles. The summed E-state index contributed by atoms with van der Waals surface area (Å²) in [6.45, 7) is 4.06. The first-order chi connectivity index (χ1) is 3.13. The van der Waals surface area contributed by atoms with E-state index in [1.165, 1.54) is 0 Å². The van der Waals surface area contributed by atoms with E-state index in [9.17, 15) is 0 Å². The summed E-state index contributed by atoms with van der Waals surface area (Å²) in [5.74, 6) is 0.875. The highest BCUT2D eigenvalue weighted by Gasteiger charge is 1.83. The highest BCUT2D eigenvalue weighted by atomic mass is 14.8. The van der Waals surface area contributed by atoms with Gasteiger partial charge in [0.05, 0.1) is 5.82 Å². The summed E-state index contributed by atoms with van der Waals surface area (Å²) in [4.78, 5) is 0. The summed E-state index contributed by atoms with van der Waals surface area (Å²) < 4.78 is 0. The summed E-state index contributed by atoms with van der Waals surface area (Å²) in [6, 6.07) is 0. The molecule has 0 bridgehead atoms. The first kappa shape index (κ1) is 6.34. The minimum absolute atomic E-state index is 0.412. The van der Waals surface area contributed by atoms with Crippen molar-refractivity contribution in [2.24, 2.45) is 17.4 Å². The van der Waals surface area contributed by atoms with Crippen LogP contribution in [0.2, 0.25) is 0 Å². The number of nitrogens with two attached hydrogens (primary N) is 2. The van der Waals surface area contributed by atoms with Crippen LogP contribution in [0.5, 0.6) is 0 Å². The summed E-state index contributed by atoms with van der Waals surface area (Å²) in [5, 5.41) is 0. The molecule has 7 heavy (non-hydrogen) atoms. The fourth-order valence-electron chi connectivity index (χ4n) is 0.385. The molecule has 0 aromatic rings. The molecule has 0 atom stereocenters. The SMILES string of the molecule is CC(C)C=C(N)N. The predicted octanol–water partition coefficient (Wildman–Crippen LogP) is 0.401. The van der Waals surface area contributed by atoms with E-state index in [4.69, 9.17) is 11.5 Å². The summed E-state index contributed by atoms with van der Waals surface area (Å²) >= 11 is 0. The zero-order chi connectivity index (χ0) is 5.86. The molecule has 0 aliphatic heterocycles. The Bertz CT molecular complexity index is 70.1. The van der Waals surface area contributed by atoms with E-state index in [1.54, 1.807) is 6.08 Å². The smallest absolute Gasteiger partial charge is 0.0895 e. The molecule has 2 heteroatoms. The lowest BCUT2D eigenvalue weighted by molar-refractivity contribution is 0.817. The van der Waals surface area contributed by atoms with Crippen LogP contribution < -0.4 is 11.5 Å². The predicted molar refractivity (Wildman–Crippen MR) is 31.3 cm³/mol. The van der Waals surface area contributed by atoms with Crippen LogP contribution in [0.1, 0.15) is 13.8 Å². The molecule has 0 radical (unpaired) electrons. The molecule has 0 saturated heterocycles. The molecule has 0 aromatic heterocycles. The monoisotopic (exact) mass is 100 g/mol. The van der Waals surface area contributed by atoms with Gasteiger partial charge in [0.2, 0.25) is 0 Å². The van der Waals surface area contributed by atoms with Crippen LogP contribution in [0.25, 0.3) is 0 Å². The van der Waals surface area contributed by atoms with Crippen molar-refractivity contribution in [1.29, 1.82) is 0 Å². The van der Waals surface area contributed by atoms with Gasteiger partial charge in [-0.3, -0.25) is 0 Å². The highest BCUT2D eigenvalue weighted by molar-refractivity contribution is 4.91. The Morgan fingerprint density at radius 3 is 1.86 bits per heavy atom. The van der Waals surface area contributed by atoms with Crippen molar-refractivity contribution in [2.45, 2.75) is 13.8 Å². The van der Waals surface area contributed by atoms with Gasteiger partial charge in [-0.1, -0.05) is 13.8 Å². The van der Waals surface area contributed by atoms with E-state index < -0.39 is 0 Å². The number of hydrogen-bond donors (Lipinski definition) is 2.